The van der Waals surface area contributed by atoms with Crippen molar-refractivity contribution < 1.29 is 48.0 Å². The predicted molar refractivity (Wildman–Crippen MR) is 144 cm³/mol. The van der Waals surface area contributed by atoms with Crippen molar-refractivity contribution in [2.24, 2.45) is 0 Å². The second-order valence-electron chi connectivity index (χ2n) is 8.88. The van der Waals surface area contributed by atoms with E-state index < -0.39 is 23.2 Å². The van der Waals surface area contributed by atoms with E-state index in [1.807, 2.05) is 6.07 Å². The molecular formula is C30H18Cl4SZr. The number of hydrogen-bond acceptors (Lipinski definition) is 1. The summed E-state index contributed by atoms with van der Waals surface area (Å²) in [6.45, 7) is 0. The summed E-state index contributed by atoms with van der Waals surface area (Å²) < 4.78 is 3.22. The van der Waals surface area contributed by atoms with Crippen LogP contribution < -0.4 is 24.8 Å². The summed E-state index contributed by atoms with van der Waals surface area (Å²) in [7, 11) is 0. The zero-order valence-electron chi connectivity index (χ0n) is 18.8. The molecule has 0 fully saturated rings. The molecule has 2 atom stereocenters. The van der Waals surface area contributed by atoms with Crippen LogP contribution in [-0.2, 0) is 23.2 Å². The molecule has 0 saturated heterocycles. The molecule has 0 radical (unpaired) electrons. The van der Waals surface area contributed by atoms with E-state index in [2.05, 4.69) is 91.0 Å². The Balaban J connectivity index is 0.00000133. The topological polar surface area (TPSA) is 0 Å². The van der Waals surface area contributed by atoms with Gasteiger partial charge >= 0.3 is 226 Å². The number of allylic oxidation sites excluding steroid dienone is 1. The van der Waals surface area contributed by atoms with Crippen molar-refractivity contribution in [2.75, 3.05) is 0 Å². The van der Waals surface area contributed by atoms with Crippen LogP contribution in [0.5, 0.6) is 0 Å². The van der Waals surface area contributed by atoms with Crippen LogP contribution in [0.2, 0.25) is 10.0 Å². The third-order valence-corrected chi connectivity index (χ3v) is 13.1. The third-order valence-electron chi connectivity index (χ3n) is 6.89. The molecule has 5 bridgehead atoms. The van der Waals surface area contributed by atoms with Gasteiger partial charge in [-0.25, -0.2) is 0 Å². The van der Waals surface area contributed by atoms with Gasteiger partial charge in [-0.3, -0.25) is 0 Å². The maximum Gasteiger partial charge on any atom is -1.00 e. The first-order valence-electron chi connectivity index (χ1n) is 11.3. The molecule has 2 unspecified atom stereocenters. The van der Waals surface area contributed by atoms with Gasteiger partial charge in [-0.05, 0) is 0 Å². The maximum atomic E-state index is 7.00. The molecule has 1 aromatic heterocycles. The normalized spacial score (nSPS) is 16.8. The Hall–Kier alpha value is -1.38. The SMILES string of the molecule is Clc1cccc2c1[CH]([Zr+2][CH]1c3cc4cc(cc(Cl)c41)sc1cccc3c1)C(c1ccccc1)=C2.[Cl-].[Cl-]. The van der Waals surface area contributed by atoms with E-state index in [0.717, 1.165) is 10.0 Å². The standard InChI is InChI=1S/C15H8ClS.C15H10Cl.2ClH.Zr/c16-15-8-13-6-11-4-10(7-14(11)15)9-2-1-3-12(5-9)17-13;16-15-8-4-7-12-9-13(10-14(12)15)11-5-2-1-3-6-11;;;/h1-8H;1-10H;2*1H;/q;;;;+2/p-2. The van der Waals surface area contributed by atoms with Crippen LogP contribution in [0, 0.1) is 0 Å². The van der Waals surface area contributed by atoms with E-state index in [4.69, 9.17) is 23.2 Å². The van der Waals surface area contributed by atoms with Gasteiger partial charge in [-0.2, -0.15) is 0 Å². The fourth-order valence-corrected chi connectivity index (χ4v) is 12.9. The number of rotatable bonds is 3. The van der Waals surface area contributed by atoms with Crippen LogP contribution in [0.25, 0.3) is 31.8 Å². The minimum atomic E-state index is -1.17. The predicted octanol–water partition coefficient (Wildman–Crippen LogP) is 3.71. The van der Waals surface area contributed by atoms with Gasteiger partial charge in [0.25, 0.3) is 0 Å². The second-order valence-corrected chi connectivity index (χ2v) is 14.5. The van der Waals surface area contributed by atoms with Crippen LogP contribution in [0.4, 0.5) is 0 Å². The van der Waals surface area contributed by atoms with E-state index in [0.29, 0.717) is 7.25 Å². The molecule has 0 aliphatic heterocycles. The molecule has 2 aliphatic carbocycles. The van der Waals surface area contributed by atoms with Crippen LogP contribution in [0.1, 0.15) is 35.1 Å². The molecule has 0 nitrogen and oxygen atoms in total. The summed E-state index contributed by atoms with van der Waals surface area (Å²) in [5.41, 5.74) is 8.04. The summed E-state index contributed by atoms with van der Waals surface area (Å²) in [6, 6.07) is 33.0. The van der Waals surface area contributed by atoms with Gasteiger partial charge in [-0.1, -0.05) is 0 Å². The van der Waals surface area contributed by atoms with Crippen molar-refractivity contribution in [3.8, 4) is 0 Å². The average molecular weight is 644 g/mol. The van der Waals surface area contributed by atoms with Crippen molar-refractivity contribution >= 4 is 66.4 Å². The summed E-state index contributed by atoms with van der Waals surface area (Å²) in [5.74, 6) is 0. The second kappa shape index (κ2) is 10.4. The summed E-state index contributed by atoms with van der Waals surface area (Å²) in [4.78, 5) is 0. The molecule has 36 heavy (non-hydrogen) atoms. The Morgan fingerprint density at radius 2 is 1.42 bits per heavy atom. The van der Waals surface area contributed by atoms with Crippen molar-refractivity contribution in [3.05, 3.63) is 129 Å². The Morgan fingerprint density at radius 3 is 2.25 bits per heavy atom. The van der Waals surface area contributed by atoms with E-state index in [9.17, 15) is 0 Å². The number of hydrogen-bond donors (Lipinski definition) is 0. The van der Waals surface area contributed by atoms with Crippen LogP contribution in [0.3, 0.4) is 0 Å². The zero-order chi connectivity index (χ0) is 22.8. The van der Waals surface area contributed by atoms with Gasteiger partial charge < -0.3 is 24.8 Å². The zero-order valence-corrected chi connectivity index (χ0v) is 25.1. The summed E-state index contributed by atoms with van der Waals surface area (Å²) >= 11 is 14.5. The van der Waals surface area contributed by atoms with Crippen LogP contribution in [0.15, 0.2) is 91.0 Å². The van der Waals surface area contributed by atoms with Gasteiger partial charge in [0.05, 0.1) is 0 Å². The molecule has 6 heteroatoms. The molecule has 7 rings (SSSR count). The fraction of sp³-hybridized carbons (Fsp3) is 0.0667. The number of benzene rings is 4. The Morgan fingerprint density at radius 1 is 0.639 bits per heavy atom. The number of fused-ring (bicyclic) bond motifs is 6. The molecule has 5 aromatic rings. The third kappa shape index (κ3) is 4.35. The monoisotopic (exact) mass is 640 g/mol. The maximum absolute atomic E-state index is 7.00. The van der Waals surface area contributed by atoms with Crippen molar-refractivity contribution in [2.45, 2.75) is 7.25 Å². The molecule has 1 heterocycles. The average Bonchev–Trinajstić information content (AvgIpc) is 3.40. The summed E-state index contributed by atoms with van der Waals surface area (Å²) in [5, 5.41) is 4.41. The van der Waals surface area contributed by atoms with Gasteiger partial charge in [-0.15, -0.1) is 0 Å². The van der Waals surface area contributed by atoms with Crippen molar-refractivity contribution in [1.29, 1.82) is 0 Å². The minimum Gasteiger partial charge on any atom is -1.00 e. The molecule has 0 spiro atoms. The molecule has 176 valence electrons. The van der Waals surface area contributed by atoms with E-state index in [1.54, 1.807) is 11.3 Å². The first-order chi connectivity index (χ1) is 16.7. The molecule has 0 amide bonds. The summed E-state index contributed by atoms with van der Waals surface area (Å²) in [6.07, 6.45) is 2.37. The van der Waals surface area contributed by atoms with Gasteiger partial charge in [0.15, 0.2) is 0 Å². The molecule has 2 aliphatic rings. The Bertz CT molecular complexity index is 1670. The molecule has 0 saturated carbocycles. The van der Waals surface area contributed by atoms with E-state index in [-0.39, 0.29) is 24.8 Å². The smallest absolute Gasteiger partial charge is 1.00 e. The van der Waals surface area contributed by atoms with Gasteiger partial charge in [0.2, 0.25) is 0 Å². The molecule has 4 aromatic carbocycles. The molecular weight excluding hydrogens is 625 g/mol. The van der Waals surface area contributed by atoms with E-state index >= 15 is 0 Å². The first-order valence-corrected chi connectivity index (χ1v) is 15.7. The van der Waals surface area contributed by atoms with Gasteiger partial charge in [0, 0.05) is 0 Å². The Labute approximate surface area is 248 Å². The Kier molecular flexibility index (Phi) is 7.59. The van der Waals surface area contributed by atoms with Crippen LogP contribution in [-0.4, -0.2) is 0 Å². The van der Waals surface area contributed by atoms with E-state index in [1.165, 1.54) is 53.6 Å². The largest absolute Gasteiger partial charge is 1.00 e. The number of halogens is 4. The molecule has 0 N–H and O–H groups in total. The van der Waals surface area contributed by atoms with Crippen LogP contribution >= 0.6 is 34.5 Å². The first kappa shape index (κ1) is 26.2. The van der Waals surface area contributed by atoms with Crippen molar-refractivity contribution in [3.63, 3.8) is 0 Å². The fourth-order valence-electron chi connectivity index (χ4n) is 5.41. The quantitative estimate of drug-likeness (QED) is 0.282. The van der Waals surface area contributed by atoms with Crippen molar-refractivity contribution in [1.82, 2.24) is 0 Å². The van der Waals surface area contributed by atoms with Gasteiger partial charge in [0.1, 0.15) is 0 Å². The minimum absolute atomic E-state index is 0.